The molecule has 4 rings (SSSR count). The maximum Gasteiger partial charge on any atom is 0.258 e. The molecule has 7 nitrogen and oxygen atoms in total. The van der Waals surface area contributed by atoms with Crippen molar-refractivity contribution >= 4 is 17.5 Å². The molecule has 2 N–H and O–H groups in total. The number of pyridine rings is 1. The fourth-order valence-corrected chi connectivity index (χ4v) is 2.93. The number of carbonyl (C=O) groups excluding carboxylic acids is 2. The van der Waals surface area contributed by atoms with Crippen molar-refractivity contribution < 1.29 is 23.5 Å². The molecule has 1 aliphatic rings. The first-order chi connectivity index (χ1) is 15.6. The molecular formula is C24H22FN3O4. The van der Waals surface area contributed by atoms with E-state index in [0.29, 0.717) is 22.7 Å². The SMILES string of the molecule is O=C(COc1cccc(NC(=O)C2CC2)c1)NCc1ccc(Oc2cccnc2)c(F)c1. The fourth-order valence-electron chi connectivity index (χ4n) is 2.93. The molecule has 2 amide bonds. The van der Waals surface area contributed by atoms with Crippen LogP contribution in [0.4, 0.5) is 10.1 Å². The number of aromatic nitrogens is 1. The Labute approximate surface area is 184 Å². The van der Waals surface area contributed by atoms with Gasteiger partial charge in [0.05, 0.1) is 6.20 Å². The third-order valence-corrected chi connectivity index (χ3v) is 4.77. The number of anilines is 1. The average Bonchev–Trinajstić information content (AvgIpc) is 3.65. The third-order valence-electron chi connectivity index (χ3n) is 4.77. The summed E-state index contributed by atoms with van der Waals surface area (Å²) in [6, 6.07) is 14.7. The highest BCUT2D eigenvalue weighted by Gasteiger charge is 2.29. The third kappa shape index (κ3) is 6.04. The Balaban J connectivity index is 1.24. The first-order valence-electron chi connectivity index (χ1n) is 10.2. The highest BCUT2D eigenvalue weighted by atomic mass is 19.1. The predicted octanol–water partition coefficient (Wildman–Crippen LogP) is 4.06. The topological polar surface area (TPSA) is 89.5 Å². The molecule has 0 spiro atoms. The lowest BCUT2D eigenvalue weighted by molar-refractivity contribution is -0.123. The van der Waals surface area contributed by atoms with Crippen LogP contribution in [0.15, 0.2) is 67.0 Å². The molecule has 0 bridgehead atoms. The molecule has 0 atom stereocenters. The number of carbonyl (C=O) groups is 2. The van der Waals surface area contributed by atoms with E-state index in [-0.39, 0.29) is 36.6 Å². The van der Waals surface area contributed by atoms with Gasteiger partial charge in [0.15, 0.2) is 18.2 Å². The summed E-state index contributed by atoms with van der Waals surface area (Å²) in [7, 11) is 0. The lowest BCUT2D eigenvalue weighted by Crippen LogP contribution is -2.28. The van der Waals surface area contributed by atoms with Crippen LogP contribution in [0.1, 0.15) is 18.4 Å². The first-order valence-corrected chi connectivity index (χ1v) is 10.2. The number of hydrogen-bond donors (Lipinski definition) is 2. The number of benzene rings is 2. The summed E-state index contributed by atoms with van der Waals surface area (Å²) in [5, 5.41) is 5.52. The Kier molecular flexibility index (Phi) is 6.60. The van der Waals surface area contributed by atoms with Crippen molar-refractivity contribution in [2.75, 3.05) is 11.9 Å². The van der Waals surface area contributed by atoms with Gasteiger partial charge >= 0.3 is 0 Å². The van der Waals surface area contributed by atoms with Gasteiger partial charge in [-0.25, -0.2) is 4.39 Å². The molecule has 1 heterocycles. The molecule has 0 saturated heterocycles. The molecular weight excluding hydrogens is 413 g/mol. The molecule has 1 aliphatic carbocycles. The van der Waals surface area contributed by atoms with E-state index in [1.165, 1.54) is 18.3 Å². The van der Waals surface area contributed by atoms with Crippen molar-refractivity contribution in [3.63, 3.8) is 0 Å². The second-order valence-corrected chi connectivity index (χ2v) is 7.41. The Bertz CT molecular complexity index is 1100. The summed E-state index contributed by atoms with van der Waals surface area (Å²) in [5.74, 6) is 0.188. The zero-order chi connectivity index (χ0) is 22.3. The van der Waals surface area contributed by atoms with Crippen molar-refractivity contribution in [2.45, 2.75) is 19.4 Å². The van der Waals surface area contributed by atoms with E-state index in [2.05, 4.69) is 15.6 Å². The Morgan fingerprint density at radius 2 is 1.91 bits per heavy atom. The summed E-state index contributed by atoms with van der Waals surface area (Å²) >= 11 is 0. The van der Waals surface area contributed by atoms with Crippen LogP contribution in [0.3, 0.4) is 0 Å². The smallest absolute Gasteiger partial charge is 0.258 e. The van der Waals surface area contributed by atoms with Crippen molar-refractivity contribution in [1.82, 2.24) is 10.3 Å². The molecule has 3 aromatic rings. The maximum absolute atomic E-state index is 14.3. The Morgan fingerprint density at radius 1 is 1.06 bits per heavy atom. The summed E-state index contributed by atoms with van der Waals surface area (Å²) in [6.07, 6.45) is 4.94. The van der Waals surface area contributed by atoms with Gasteiger partial charge in [-0.1, -0.05) is 12.1 Å². The Morgan fingerprint density at radius 3 is 2.66 bits per heavy atom. The molecule has 32 heavy (non-hydrogen) atoms. The van der Waals surface area contributed by atoms with Crippen LogP contribution >= 0.6 is 0 Å². The van der Waals surface area contributed by atoms with Crippen LogP contribution in [0, 0.1) is 11.7 Å². The average molecular weight is 435 g/mol. The van der Waals surface area contributed by atoms with Gasteiger partial charge in [-0.2, -0.15) is 0 Å². The molecule has 0 unspecified atom stereocenters. The summed E-state index contributed by atoms with van der Waals surface area (Å²) < 4.78 is 25.3. The number of amides is 2. The lowest BCUT2D eigenvalue weighted by atomic mass is 10.2. The van der Waals surface area contributed by atoms with Gasteiger partial charge in [0.2, 0.25) is 5.91 Å². The summed E-state index contributed by atoms with van der Waals surface area (Å²) in [4.78, 5) is 27.9. The molecule has 164 valence electrons. The standard InChI is InChI=1S/C24H22FN3O4/c25-21-11-16(6-9-22(21)32-20-5-2-10-26-14-20)13-27-23(29)15-31-19-4-1-3-18(12-19)28-24(30)17-7-8-17/h1-6,9-12,14,17H,7-8,13,15H2,(H,27,29)(H,28,30). The van der Waals surface area contributed by atoms with Crippen LogP contribution < -0.4 is 20.1 Å². The molecule has 8 heteroatoms. The second kappa shape index (κ2) is 9.91. The normalized spacial score (nSPS) is 12.7. The first kappa shape index (κ1) is 21.3. The number of halogens is 1. The minimum absolute atomic E-state index is 0.00368. The van der Waals surface area contributed by atoms with Crippen LogP contribution in [0.25, 0.3) is 0 Å². The monoisotopic (exact) mass is 435 g/mol. The molecule has 1 fully saturated rings. The second-order valence-electron chi connectivity index (χ2n) is 7.41. The quantitative estimate of drug-likeness (QED) is 0.529. The highest BCUT2D eigenvalue weighted by Crippen LogP contribution is 2.30. The molecule has 2 aromatic carbocycles. The van der Waals surface area contributed by atoms with Crippen LogP contribution in [-0.2, 0) is 16.1 Å². The van der Waals surface area contributed by atoms with E-state index in [0.717, 1.165) is 12.8 Å². The Hall–Kier alpha value is -3.94. The number of nitrogens with one attached hydrogen (secondary N) is 2. The van der Waals surface area contributed by atoms with Gasteiger partial charge in [0.25, 0.3) is 5.91 Å². The summed E-state index contributed by atoms with van der Waals surface area (Å²) in [5.41, 5.74) is 1.21. The zero-order valence-corrected chi connectivity index (χ0v) is 17.2. The zero-order valence-electron chi connectivity index (χ0n) is 17.2. The van der Waals surface area contributed by atoms with E-state index in [1.54, 1.807) is 48.7 Å². The van der Waals surface area contributed by atoms with Crippen LogP contribution in [0.2, 0.25) is 0 Å². The van der Waals surface area contributed by atoms with Crippen molar-refractivity contribution in [1.29, 1.82) is 0 Å². The number of ether oxygens (including phenoxy) is 2. The van der Waals surface area contributed by atoms with Crippen molar-refractivity contribution in [2.24, 2.45) is 5.92 Å². The summed E-state index contributed by atoms with van der Waals surface area (Å²) in [6.45, 7) is -0.0610. The lowest BCUT2D eigenvalue weighted by Gasteiger charge is -2.11. The predicted molar refractivity (Wildman–Crippen MR) is 116 cm³/mol. The van der Waals surface area contributed by atoms with Gasteiger partial charge in [0, 0.05) is 30.4 Å². The van der Waals surface area contributed by atoms with Gasteiger partial charge in [-0.05, 0) is 54.8 Å². The molecule has 0 aliphatic heterocycles. The largest absolute Gasteiger partial charge is 0.484 e. The molecule has 1 saturated carbocycles. The van der Waals surface area contributed by atoms with Crippen molar-refractivity contribution in [3.8, 4) is 17.2 Å². The van der Waals surface area contributed by atoms with Gasteiger partial charge in [-0.15, -0.1) is 0 Å². The number of nitrogens with zero attached hydrogens (tertiary/aromatic N) is 1. The number of hydrogen-bond acceptors (Lipinski definition) is 5. The van der Waals surface area contributed by atoms with E-state index in [9.17, 15) is 14.0 Å². The number of rotatable bonds is 9. The molecule has 1 aromatic heterocycles. The van der Waals surface area contributed by atoms with Crippen LogP contribution in [-0.4, -0.2) is 23.4 Å². The highest BCUT2D eigenvalue weighted by molar-refractivity contribution is 5.94. The van der Waals surface area contributed by atoms with Crippen molar-refractivity contribution in [3.05, 3.63) is 78.4 Å². The van der Waals surface area contributed by atoms with E-state index in [1.807, 2.05) is 0 Å². The minimum atomic E-state index is -0.540. The van der Waals surface area contributed by atoms with Crippen LogP contribution in [0.5, 0.6) is 17.2 Å². The maximum atomic E-state index is 14.3. The fraction of sp³-hybridized carbons (Fsp3) is 0.208. The molecule has 0 radical (unpaired) electrons. The van der Waals surface area contributed by atoms with Gasteiger partial charge < -0.3 is 20.1 Å². The van der Waals surface area contributed by atoms with E-state index in [4.69, 9.17) is 9.47 Å². The van der Waals surface area contributed by atoms with Gasteiger partial charge in [0.1, 0.15) is 11.5 Å². The minimum Gasteiger partial charge on any atom is -0.484 e. The van der Waals surface area contributed by atoms with Gasteiger partial charge in [-0.3, -0.25) is 14.6 Å². The van der Waals surface area contributed by atoms with E-state index >= 15 is 0 Å². The van der Waals surface area contributed by atoms with E-state index < -0.39 is 5.82 Å².